The van der Waals surface area contributed by atoms with Crippen molar-refractivity contribution >= 4 is 23.6 Å². The number of carbonyl (C=O) groups excluding carboxylic acids is 2. The highest BCUT2D eigenvalue weighted by Crippen LogP contribution is 2.32. The number of piperidine rings is 1. The summed E-state index contributed by atoms with van der Waals surface area (Å²) in [5.74, 6) is -1.85. The second-order valence-corrected chi connectivity index (χ2v) is 9.38. The molecule has 8 heteroatoms. The van der Waals surface area contributed by atoms with Crippen LogP contribution in [0.2, 0.25) is 0 Å². The van der Waals surface area contributed by atoms with Gasteiger partial charge in [0.1, 0.15) is 5.84 Å². The molecule has 1 aliphatic heterocycles. The number of hydrogen-bond acceptors (Lipinski definition) is 4. The highest BCUT2D eigenvalue weighted by molar-refractivity contribution is 5.99. The lowest BCUT2D eigenvalue weighted by Crippen LogP contribution is -2.54. The third-order valence-corrected chi connectivity index (χ3v) is 6.38. The Morgan fingerprint density at radius 1 is 1.06 bits per heavy atom. The number of amides is 2. The van der Waals surface area contributed by atoms with Crippen LogP contribution in [0.4, 0.5) is 0 Å². The number of benzene rings is 2. The van der Waals surface area contributed by atoms with E-state index in [0.717, 1.165) is 5.56 Å². The third kappa shape index (κ3) is 6.01. The second-order valence-electron chi connectivity index (χ2n) is 9.38. The van der Waals surface area contributed by atoms with E-state index in [9.17, 15) is 14.4 Å². The van der Waals surface area contributed by atoms with Gasteiger partial charge in [0.05, 0.1) is 11.5 Å². The maximum absolute atomic E-state index is 13.7. The fraction of sp³-hybridized carbons (Fsp3) is 0.385. The minimum Gasteiger partial charge on any atom is -0.481 e. The van der Waals surface area contributed by atoms with Crippen molar-refractivity contribution in [1.82, 2.24) is 10.2 Å². The van der Waals surface area contributed by atoms with Gasteiger partial charge in [0.2, 0.25) is 5.91 Å². The molecule has 1 heterocycles. The maximum atomic E-state index is 13.7. The quantitative estimate of drug-likeness (QED) is 0.352. The Morgan fingerprint density at radius 3 is 2.15 bits per heavy atom. The van der Waals surface area contributed by atoms with Gasteiger partial charge in [0.25, 0.3) is 5.91 Å². The molecule has 3 rings (SSSR count). The van der Waals surface area contributed by atoms with Crippen molar-refractivity contribution in [2.45, 2.75) is 44.6 Å². The van der Waals surface area contributed by atoms with Gasteiger partial charge in [-0.1, -0.05) is 42.5 Å². The number of nitrogens with two attached hydrogens (primary N) is 1. The smallest absolute Gasteiger partial charge is 0.303 e. The van der Waals surface area contributed by atoms with Crippen LogP contribution in [0.3, 0.4) is 0 Å². The molecule has 1 fully saturated rings. The Kier molecular flexibility index (Phi) is 7.71. The maximum Gasteiger partial charge on any atom is 0.303 e. The number of rotatable bonds is 8. The predicted octanol–water partition coefficient (Wildman–Crippen LogP) is 2.98. The zero-order valence-electron chi connectivity index (χ0n) is 19.6. The van der Waals surface area contributed by atoms with E-state index in [1.54, 1.807) is 29.2 Å². The molecular formula is C26H32N4O4. The highest BCUT2D eigenvalue weighted by atomic mass is 16.4. The molecule has 1 unspecified atom stereocenters. The first kappa shape index (κ1) is 25.0. The molecule has 2 aromatic carbocycles. The van der Waals surface area contributed by atoms with Crippen molar-refractivity contribution in [3.05, 3.63) is 71.3 Å². The second kappa shape index (κ2) is 10.5. The van der Waals surface area contributed by atoms with Crippen LogP contribution in [-0.2, 0) is 9.59 Å². The molecule has 0 radical (unpaired) electrons. The summed E-state index contributed by atoms with van der Waals surface area (Å²) in [4.78, 5) is 39.6. The molecule has 1 saturated heterocycles. The first-order chi connectivity index (χ1) is 16.1. The van der Waals surface area contributed by atoms with E-state index in [1.165, 1.54) is 0 Å². The molecule has 0 bridgehead atoms. The Bertz CT molecular complexity index is 1040. The fourth-order valence-electron chi connectivity index (χ4n) is 4.54. The summed E-state index contributed by atoms with van der Waals surface area (Å²) in [5, 5.41) is 19.6. The van der Waals surface area contributed by atoms with Crippen LogP contribution < -0.4 is 11.1 Å². The van der Waals surface area contributed by atoms with Gasteiger partial charge in [0.15, 0.2) is 0 Å². The van der Waals surface area contributed by atoms with Crippen molar-refractivity contribution in [3.63, 3.8) is 0 Å². The standard InChI is InChI=1S/C26H32N4O4/c1-26(2,29-24(33)20-10-8-19(9-11-20)23(27)28)22(18-6-4-3-5-7-18)25(34)30-14-12-17(13-15-30)16-21(31)32/h3-11,17,22H,12-16H2,1-2H3,(H3,27,28)(H,29,33)(H,31,32). The number of hydrogen-bond donors (Lipinski definition) is 4. The Morgan fingerprint density at radius 2 is 1.62 bits per heavy atom. The number of amidine groups is 1. The molecule has 0 aliphatic carbocycles. The molecule has 2 aromatic rings. The number of aliphatic carboxylic acids is 1. The number of carboxylic acids is 1. The average Bonchev–Trinajstić information content (AvgIpc) is 2.79. The predicted molar refractivity (Wildman–Crippen MR) is 130 cm³/mol. The van der Waals surface area contributed by atoms with E-state index in [4.69, 9.17) is 16.2 Å². The summed E-state index contributed by atoms with van der Waals surface area (Å²) in [6.45, 7) is 4.66. The lowest BCUT2D eigenvalue weighted by atomic mass is 9.79. The number of likely N-dealkylation sites (tertiary alicyclic amines) is 1. The van der Waals surface area contributed by atoms with Crippen LogP contribution >= 0.6 is 0 Å². The number of nitrogen functional groups attached to an aromatic ring is 1. The van der Waals surface area contributed by atoms with E-state index in [0.29, 0.717) is 37.1 Å². The highest BCUT2D eigenvalue weighted by Gasteiger charge is 2.41. The topological polar surface area (TPSA) is 137 Å². The largest absolute Gasteiger partial charge is 0.481 e. The Hall–Kier alpha value is -3.68. The van der Waals surface area contributed by atoms with Gasteiger partial charge in [-0.25, -0.2) is 0 Å². The van der Waals surface area contributed by atoms with Gasteiger partial charge in [-0.15, -0.1) is 0 Å². The number of nitrogens with one attached hydrogen (secondary N) is 2. The molecule has 8 nitrogen and oxygen atoms in total. The number of carbonyl (C=O) groups is 3. The van der Waals surface area contributed by atoms with Gasteiger partial charge in [0, 0.05) is 30.6 Å². The van der Waals surface area contributed by atoms with Gasteiger partial charge in [-0.05, 0) is 50.3 Å². The van der Waals surface area contributed by atoms with Crippen molar-refractivity contribution < 1.29 is 19.5 Å². The minimum absolute atomic E-state index is 0.0717. The summed E-state index contributed by atoms with van der Waals surface area (Å²) in [6, 6.07) is 15.8. The molecule has 2 amide bonds. The summed E-state index contributed by atoms with van der Waals surface area (Å²) in [5.41, 5.74) is 6.32. The Labute approximate surface area is 199 Å². The molecule has 0 spiro atoms. The molecule has 180 valence electrons. The number of carboxylic acid groups (broad SMARTS) is 1. The first-order valence-electron chi connectivity index (χ1n) is 11.4. The normalized spacial score (nSPS) is 15.4. The summed E-state index contributed by atoms with van der Waals surface area (Å²) < 4.78 is 0. The van der Waals surface area contributed by atoms with Crippen LogP contribution in [0.1, 0.15) is 60.5 Å². The van der Waals surface area contributed by atoms with Crippen molar-refractivity contribution in [1.29, 1.82) is 5.41 Å². The summed E-state index contributed by atoms with van der Waals surface area (Å²) in [7, 11) is 0. The molecule has 1 atom stereocenters. The van der Waals surface area contributed by atoms with Crippen molar-refractivity contribution in [2.75, 3.05) is 13.1 Å². The van der Waals surface area contributed by atoms with Gasteiger partial charge >= 0.3 is 5.97 Å². The van der Waals surface area contributed by atoms with Crippen LogP contribution in [0.15, 0.2) is 54.6 Å². The van der Waals surface area contributed by atoms with E-state index in [1.807, 2.05) is 44.2 Å². The molecule has 0 aromatic heterocycles. The molecule has 0 saturated carbocycles. The Balaban J connectivity index is 1.80. The average molecular weight is 465 g/mol. The van der Waals surface area contributed by atoms with Crippen LogP contribution in [0, 0.1) is 11.3 Å². The van der Waals surface area contributed by atoms with E-state index in [-0.39, 0.29) is 30.0 Å². The lowest BCUT2D eigenvalue weighted by Gasteiger charge is -2.40. The van der Waals surface area contributed by atoms with Crippen LogP contribution in [0.25, 0.3) is 0 Å². The number of nitrogens with zero attached hydrogens (tertiary/aromatic N) is 1. The zero-order chi connectivity index (χ0) is 24.9. The molecule has 34 heavy (non-hydrogen) atoms. The SMILES string of the molecule is CC(C)(NC(=O)c1ccc(C(=N)N)cc1)C(C(=O)N1CCC(CC(=O)O)CC1)c1ccccc1. The molecule has 5 N–H and O–H groups in total. The molecule has 1 aliphatic rings. The van der Waals surface area contributed by atoms with E-state index >= 15 is 0 Å². The van der Waals surface area contributed by atoms with Crippen molar-refractivity contribution in [3.8, 4) is 0 Å². The molecular weight excluding hydrogens is 432 g/mol. The first-order valence-corrected chi connectivity index (χ1v) is 11.4. The summed E-state index contributed by atoms with van der Waals surface area (Å²) >= 11 is 0. The van der Waals surface area contributed by atoms with Gasteiger partial charge in [-0.2, -0.15) is 0 Å². The summed E-state index contributed by atoms with van der Waals surface area (Å²) in [6.07, 6.45) is 1.41. The zero-order valence-corrected chi connectivity index (χ0v) is 19.6. The third-order valence-electron chi connectivity index (χ3n) is 6.38. The van der Waals surface area contributed by atoms with Crippen LogP contribution in [0.5, 0.6) is 0 Å². The minimum atomic E-state index is -0.910. The van der Waals surface area contributed by atoms with E-state index < -0.39 is 17.4 Å². The van der Waals surface area contributed by atoms with Gasteiger partial charge in [-0.3, -0.25) is 19.8 Å². The van der Waals surface area contributed by atoms with Crippen LogP contribution in [-0.4, -0.2) is 52.3 Å². The monoisotopic (exact) mass is 464 g/mol. The van der Waals surface area contributed by atoms with Gasteiger partial charge < -0.3 is 21.1 Å². The van der Waals surface area contributed by atoms with E-state index in [2.05, 4.69) is 5.32 Å². The lowest BCUT2D eigenvalue weighted by molar-refractivity contribution is -0.139. The fourth-order valence-corrected chi connectivity index (χ4v) is 4.54. The van der Waals surface area contributed by atoms with Crippen molar-refractivity contribution in [2.24, 2.45) is 11.7 Å².